The van der Waals surface area contributed by atoms with Crippen LogP contribution in [0.2, 0.25) is 0 Å². The number of allylic oxidation sites excluding steroid dienone is 2. The number of amides is 2. The molecule has 4 atom stereocenters. The number of hydrogen-bond donors (Lipinski definition) is 0. The molecule has 0 aromatic heterocycles. The van der Waals surface area contributed by atoms with Crippen molar-refractivity contribution in [2.75, 3.05) is 4.90 Å². The zero-order valence-electron chi connectivity index (χ0n) is 11.9. The molecule has 22 heavy (non-hydrogen) atoms. The first kappa shape index (κ1) is 12.2. The average Bonchev–Trinajstić information content (AvgIpc) is 3.13. The summed E-state index contributed by atoms with van der Waals surface area (Å²) < 4.78 is 0. The van der Waals surface area contributed by atoms with Gasteiger partial charge in [0.15, 0.2) is 0 Å². The summed E-state index contributed by atoms with van der Waals surface area (Å²) in [5.41, 5.74) is 1.35. The molecule has 2 saturated carbocycles. The summed E-state index contributed by atoms with van der Waals surface area (Å²) in [6.45, 7) is 0. The minimum atomic E-state index is -0.166. The first-order valence-corrected chi connectivity index (χ1v) is 7.74. The van der Waals surface area contributed by atoms with E-state index in [2.05, 4.69) is 18.2 Å². The molecule has 3 aliphatic carbocycles. The molecule has 0 unspecified atom stereocenters. The third-order valence-corrected chi connectivity index (χ3v) is 6.11. The first-order chi connectivity index (χ1) is 10.7. The van der Waals surface area contributed by atoms with E-state index in [1.54, 1.807) is 24.3 Å². The predicted octanol–water partition coefficient (Wildman–Crippen LogP) is 2.26. The van der Waals surface area contributed by atoms with Gasteiger partial charge in [-0.2, -0.15) is 5.26 Å². The zero-order chi connectivity index (χ0) is 15.1. The Hall–Kier alpha value is -2.41. The highest BCUT2D eigenvalue weighted by atomic mass is 16.2. The van der Waals surface area contributed by atoms with Crippen molar-refractivity contribution in [2.24, 2.45) is 29.1 Å². The number of hydrogen-bond acceptors (Lipinski definition) is 3. The number of imide groups is 1. The number of anilines is 1. The van der Waals surface area contributed by atoms with E-state index in [4.69, 9.17) is 5.26 Å². The monoisotopic (exact) mass is 290 g/mol. The van der Waals surface area contributed by atoms with E-state index >= 15 is 0 Å². The van der Waals surface area contributed by atoms with E-state index < -0.39 is 0 Å². The fourth-order valence-corrected chi connectivity index (χ4v) is 5.02. The van der Waals surface area contributed by atoms with Crippen LogP contribution in [0.15, 0.2) is 36.4 Å². The quantitative estimate of drug-likeness (QED) is 0.589. The van der Waals surface area contributed by atoms with Gasteiger partial charge in [0.05, 0.1) is 29.2 Å². The van der Waals surface area contributed by atoms with Crippen molar-refractivity contribution in [3.05, 3.63) is 42.0 Å². The zero-order valence-corrected chi connectivity index (χ0v) is 11.9. The highest BCUT2D eigenvalue weighted by Gasteiger charge is 2.73. The minimum absolute atomic E-state index is 0.0529. The van der Waals surface area contributed by atoms with Gasteiger partial charge >= 0.3 is 0 Å². The van der Waals surface area contributed by atoms with Crippen molar-refractivity contribution < 1.29 is 9.59 Å². The molecule has 2 amide bonds. The predicted molar refractivity (Wildman–Crippen MR) is 78.4 cm³/mol. The third kappa shape index (κ3) is 1.20. The molecule has 0 radical (unpaired) electrons. The van der Waals surface area contributed by atoms with Crippen LogP contribution in [0.1, 0.15) is 18.4 Å². The number of nitrogens with zero attached hydrogens (tertiary/aromatic N) is 2. The maximum Gasteiger partial charge on any atom is 0.238 e. The number of benzene rings is 1. The fraction of sp³-hybridized carbons (Fsp3) is 0.389. The second-order valence-corrected chi connectivity index (χ2v) is 6.89. The number of fused-ring (bicyclic) bond motifs is 3. The summed E-state index contributed by atoms with van der Waals surface area (Å²) in [7, 11) is 0. The average molecular weight is 290 g/mol. The van der Waals surface area contributed by atoms with E-state index in [0.717, 1.165) is 12.8 Å². The van der Waals surface area contributed by atoms with Crippen molar-refractivity contribution in [3.8, 4) is 6.07 Å². The molecular weight excluding hydrogens is 276 g/mol. The molecule has 5 rings (SSSR count). The number of rotatable bonds is 1. The number of carbonyl (C=O) groups excluding carboxylic acids is 2. The van der Waals surface area contributed by atoms with Gasteiger partial charge in [0.2, 0.25) is 11.8 Å². The molecule has 2 bridgehead atoms. The van der Waals surface area contributed by atoms with Gasteiger partial charge in [-0.15, -0.1) is 0 Å². The molecular formula is C18H14N2O2. The van der Waals surface area contributed by atoms with E-state index in [1.165, 1.54) is 4.90 Å². The van der Waals surface area contributed by atoms with Crippen LogP contribution in [0, 0.1) is 40.4 Å². The first-order valence-electron chi connectivity index (χ1n) is 7.74. The molecule has 1 aromatic carbocycles. The van der Waals surface area contributed by atoms with Crippen molar-refractivity contribution in [1.29, 1.82) is 5.26 Å². The normalized spacial score (nSPS) is 36.0. The Morgan fingerprint density at radius 1 is 1.00 bits per heavy atom. The second kappa shape index (κ2) is 3.67. The molecule has 4 nitrogen and oxygen atoms in total. The highest BCUT2D eigenvalue weighted by molar-refractivity contribution is 6.23. The molecule has 1 spiro atoms. The van der Waals surface area contributed by atoms with Gasteiger partial charge < -0.3 is 0 Å². The Bertz CT molecular complexity index is 748. The number of carbonyl (C=O) groups is 2. The topological polar surface area (TPSA) is 61.2 Å². The van der Waals surface area contributed by atoms with E-state index in [9.17, 15) is 9.59 Å². The Morgan fingerprint density at radius 2 is 1.55 bits per heavy atom. The van der Waals surface area contributed by atoms with Crippen LogP contribution in [-0.4, -0.2) is 11.8 Å². The second-order valence-electron chi connectivity index (χ2n) is 6.89. The van der Waals surface area contributed by atoms with Gasteiger partial charge in [0.25, 0.3) is 0 Å². The largest absolute Gasteiger partial charge is 0.274 e. The standard InChI is InChI=1S/C18H14N2O2/c19-9-10-1-3-11(4-2-10)20-16(21)14-12-5-6-13(15(14)17(20)22)18(12)7-8-18/h1-6,12-15H,7-8H2/t12-,13+,14-,15+. The van der Waals surface area contributed by atoms with Gasteiger partial charge in [0.1, 0.15) is 0 Å². The summed E-state index contributed by atoms with van der Waals surface area (Å²) in [5, 5.41) is 8.87. The lowest BCUT2D eigenvalue weighted by atomic mass is 9.85. The molecule has 1 aromatic rings. The van der Waals surface area contributed by atoms with Crippen LogP contribution in [0.4, 0.5) is 5.69 Å². The van der Waals surface area contributed by atoms with E-state index in [1.807, 2.05) is 0 Å². The Morgan fingerprint density at radius 3 is 2.00 bits per heavy atom. The van der Waals surface area contributed by atoms with Crippen molar-refractivity contribution in [2.45, 2.75) is 12.8 Å². The fourth-order valence-electron chi connectivity index (χ4n) is 5.02. The highest BCUT2D eigenvalue weighted by Crippen LogP contribution is 2.73. The van der Waals surface area contributed by atoms with Gasteiger partial charge in [-0.25, -0.2) is 0 Å². The van der Waals surface area contributed by atoms with Gasteiger partial charge in [-0.05, 0) is 54.4 Å². The van der Waals surface area contributed by atoms with Crippen molar-refractivity contribution in [1.82, 2.24) is 0 Å². The maximum absolute atomic E-state index is 12.9. The Labute approximate surface area is 128 Å². The molecule has 4 aliphatic rings. The molecule has 1 heterocycles. The van der Waals surface area contributed by atoms with Crippen LogP contribution in [-0.2, 0) is 9.59 Å². The number of nitriles is 1. The van der Waals surface area contributed by atoms with Crippen molar-refractivity contribution >= 4 is 17.5 Å². The van der Waals surface area contributed by atoms with Crippen LogP contribution in [0.5, 0.6) is 0 Å². The van der Waals surface area contributed by atoms with Gasteiger partial charge in [-0.1, -0.05) is 12.2 Å². The van der Waals surface area contributed by atoms with E-state index in [0.29, 0.717) is 11.3 Å². The smallest absolute Gasteiger partial charge is 0.238 e. The summed E-state index contributed by atoms with van der Waals surface area (Å²) in [4.78, 5) is 27.1. The Balaban J connectivity index is 1.55. The minimum Gasteiger partial charge on any atom is -0.274 e. The maximum atomic E-state index is 12.9. The van der Waals surface area contributed by atoms with E-state index in [-0.39, 0.29) is 40.9 Å². The third-order valence-electron chi connectivity index (χ3n) is 6.11. The van der Waals surface area contributed by atoms with Gasteiger partial charge in [0, 0.05) is 0 Å². The van der Waals surface area contributed by atoms with Crippen LogP contribution >= 0.6 is 0 Å². The van der Waals surface area contributed by atoms with Crippen LogP contribution < -0.4 is 4.90 Å². The molecule has 108 valence electrons. The SMILES string of the molecule is N#Cc1ccc(N2C(=O)[C@@H]3[C@H](C2=O)[C@H]2C=C[C@@H]3C23CC3)cc1. The van der Waals surface area contributed by atoms with Crippen LogP contribution in [0.3, 0.4) is 0 Å². The Kier molecular flexibility index (Phi) is 2.03. The lowest BCUT2D eigenvalue weighted by Gasteiger charge is -2.21. The molecule has 1 aliphatic heterocycles. The lowest BCUT2D eigenvalue weighted by molar-refractivity contribution is -0.123. The van der Waals surface area contributed by atoms with Crippen LogP contribution in [0.25, 0.3) is 0 Å². The summed E-state index contributed by atoms with van der Waals surface area (Å²) in [5.74, 6) is 0.0663. The molecule has 3 fully saturated rings. The summed E-state index contributed by atoms with van der Waals surface area (Å²) in [6.07, 6.45) is 6.65. The molecule has 4 heteroatoms. The summed E-state index contributed by atoms with van der Waals surface area (Å²) >= 11 is 0. The van der Waals surface area contributed by atoms with Gasteiger partial charge in [-0.3, -0.25) is 14.5 Å². The molecule has 0 N–H and O–H groups in total. The molecule has 1 saturated heterocycles. The van der Waals surface area contributed by atoms with Crippen molar-refractivity contribution in [3.63, 3.8) is 0 Å². The lowest BCUT2D eigenvalue weighted by Crippen LogP contribution is -2.34. The summed E-state index contributed by atoms with van der Waals surface area (Å²) in [6, 6.07) is 8.74.